The normalized spacial score (nSPS) is 16.7. The molecule has 5 heteroatoms. The highest BCUT2D eigenvalue weighted by Gasteiger charge is 2.36. The van der Waals surface area contributed by atoms with Crippen LogP contribution < -0.4 is 11.1 Å². The van der Waals surface area contributed by atoms with Crippen molar-refractivity contribution >= 4 is 18.3 Å². The molecule has 0 saturated heterocycles. The van der Waals surface area contributed by atoms with Gasteiger partial charge in [-0.05, 0) is 37.0 Å². The van der Waals surface area contributed by atoms with Crippen LogP contribution in [-0.2, 0) is 11.2 Å². The van der Waals surface area contributed by atoms with Crippen LogP contribution in [0.15, 0.2) is 24.3 Å². The van der Waals surface area contributed by atoms with E-state index in [4.69, 9.17) is 5.73 Å². The average molecular weight is 287 g/mol. The molecule has 2 rings (SSSR count). The lowest BCUT2D eigenvalue weighted by molar-refractivity contribution is -0.126. The zero-order chi connectivity index (χ0) is 13.0. The SMILES string of the molecule is Cl.NC1(C(=O)NCCc2ccc(F)cc2)CCCC1. The lowest BCUT2D eigenvalue weighted by Gasteiger charge is -2.22. The minimum atomic E-state index is -0.664. The molecule has 1 saturated carbocycles. The summed E-state index contributed by atoms with van der Waals surface area (Å²) >= 11 is 0. The zero-order valence-corrected chi connectivity index (χ0v) is 11.6. The van der Waals surface area contributed by atoms with Gasteiger partial charge in [-0.1, -0.05) is 25.0 Å². The highest BCUT2D eigenvalue weighted by Crippen LogP contribution is 2.27. The van der Waals surface area contributed by atoms with Gasteiger partial charge in [-0.3, -0.25) is 4.79 Å². The van der Waals surface area contributed by atoms with E-state index in [9.17, 15) is 9.18 Å². The van der Waals surface area contributed by atoms with Gasteiger partial charge in [-0.2, -0.15) is 0 Å². The lowest BCUT2D eigenvalue weighted by atomic mass is 9.98. The van der Waals surface area contributed by atoms with E-state index in [2.05, 4.69) is 5.32 Å². The summed E-state index contributed by atoms with van der Waals surface area (Å²) in [6.07, 6.45) is 4.30. The van der Waals surface area contributed by atoms with Crippen LogP contribution in [0.5, 0.6) is 0 Å². The summed E-state index contributed by atoms with van der Waals surface area (Å²) in [4.78, 5) is 11.9. The Labute approximate surface area is 119 Å². The van der Waals surface area contributed by atoms with E-state index in [-0.39, 0.29) is 24.1 Å². The van der Waals surface area contributed by atoms with Gasteiger partial charge < -0.3 is 11.1 Å². The topological polar surface area (TPSA) is 55.1 Å². The Morgan fingerprint density at radius 2 is 1.84 bits per heavy atom. The Hall–Kier alpha value is -1.13. The van der Waals surface area contributed by atoms with Crippen LogP contribution in [0.1, 0.15) is 31.2 Å². The maximum absolute atomic E-state index is 12.7. The summed E-state index contributed by atoms with van der Waals surface area (Å²) < 4.78 is 12.7. The van der Waals surface area contributed by atoms with Crippen LogP contribution in [0, 0.1) is 5.82 Å². The molecule has 19 heavy (non-hydrogen) atoms. The van der Waals surface area contributed by atoms with Crippen LogP contribution >= 0.6 is 12.4 Å². The van der Waals surface area contributed by atoms with E-state index < -0.39 is 5.54 Å². The van der Waals surface area contributed by atoms with Crippen LogP contribution in [0.25, 0.3) is 0 Å². The molecule has 0 bridgehead atoms. The highest BCUT2D eigenvalue weighted by atomic mass is 35.5. The number of benzene rings is 1. The molecule has 0 aliphatic heterocycles. The summed E-state index contributed by atoms with van der Waals surface area (Å²) in [5.41, 5.74) is 6.38. The third-order valence-corrected chi connectivity index (χ3v) is 3.56. The molecule has 0 heterocycles. The molecular weight excluding hydrogens is 267 g/mol. The molecule has 0 aromatic heterocycles. The Bertz CT molecular complexity index is 416. The van der Waals surface area contributed by atoms with Crippen molar-refractivity contribution in [3.05, 3.63) is 35.6 Å². The van der Waals surface area contributed by atoms with Gasteiger partial charge in [0.1, 0.15) is 5.82 Å². The summed E-state index contributed by atoms with van der Waals surface area (Å²) in [5, 5.41) is 2.87. The third kappa shape index (κ3) is 4.18. The largest absolute Gasteiger partial charge is 0.354 e. The van der Waals surface area contributed by atoms with Crippen molar-refractivity contribution in [1.29, 1.82) is 0 Å². The van der Waals surface area contributed by atoms with Crippen molar-refractivity contribution in [2.75, 3.05) is 6.54 Å². The van der Waals surface area contributed by atoms with Crippen LogP contribution in [-0.4, -0.2) is 18.0 Å². The maximum atomic E-state index is 12.7. The average Bonchev–Trinajstić information content (AvgIpc) is 2.80. The van der Waals surface area contributed by atoms with Crippen molar-refractivity contribution < 1.29 is 9.18 Å². The monoisotopic (exact) mass is 286 g/mol. The molecule has 3 N–H and O–H groups in total. The standard InChI is InChI=1S/C14H19FN2O.ClH/c15-12-5-3-11(4-6-12)7-10-17-13(18)14(16)8-1-2-9-14;/h3-6H,1-2,7-10,16H2,(H,17,18);1H. The maximum Gasteiger partial charge on any atom is 0.240 e. The number of carbonyl (C=O) groups is 1. The zero-order valence-electron chi connectivity index (χ0n) is 10.8. The molecule has 3 nitrogen and oxygen atoms in total. The molecule has 1 aliphatic carbocycles. The number of amides is 1. The van der Waals surface area contributed by atoms with Gasteiger partial charge in [0.25, 0.3) is 0 Å². The second-order valence-electron chi connectivity index (χ2n) is 5.00. The smallest absolute Gasteiger partial charge is 0.240 e. The van der Waals surface area contributed by atoms with Gasteiger partial charge in [0.2, 0.25) is 5.91 Å². The molecule has 0 unspecified atom stereocenters. The van der Waals surface area contributed by atoms with Crippen molar-refractivity contribution in [1.82, 2.24) is 5.32 Å². The molecular formula is C14H20ClFN2O. The van der Waals surface area contributed by atoms with E-state index in [0.29, 0.717) is 13.0 Å². The number of nitrogens with two attached hydrogens (primary N) is 1. The van der Waals surface area contributed by atoms with Gasteiger partial charge in [0.05, 0.1) is 5.54 Å². The van der Waals surface area contributed by atoms with E-state index in [0.717, 1.165) is 31.2 Å². The van der Waals surface area contributed by atoms with Crippen molar-refractivity contribution in [2.24, 2.45) is 5.73 Å². The molecule has 0 atom stereocenters. The Kier molecular flexibility index (Phi) is 5.76. The number of hydrogen-bond donors (Lipinski definition) is 2. The van der Waals surface area contributed by atoms with E-state index in [1.807, 2.05) is 0 Å². The fourth-order valence-electron chi connectivity index (χ4n) is 2.38. The van der Waals surface area contributed by atoms with Gasteiger partial charge in [0.15, 0.2) is 0 Å². The van der Waals surface area contributed by atoms with Crippen molar-refractivity contribution in [2.45, 2.75) is 37.6 Å². The predicted octanol–water partition coefficient (Wildman–Crippen LogP) is 2.18. The Balaban J connectivity index is 0.00000180. The van der Waals surface area contributed by atoms with Crippen LogP contribution in [0.2, 0.25) is 0 Å². The Morgan fingerprint density at radius 1 is 1.26 bits per heavy atom. The van der Waals surface area contributed by atoms with E-state index in [1.54, 1.807) is 12.1 Å². The molecule has 1 aromatic rings. The number of nitrogens with one attached hydrogen (secondary N) is 1. The lowest BCUT2D eigenvalue weighted by Crippen LogP contribution is -2.52. The van der Waals surface area contributed by atoms with Gasteiger partial charge >= 0.3 is 0 Å². The first-order chi connectivity index (χ1) is 8.60. The minimum absolute atomic E-state index is 0. The van der Waals surface area contributed by atoms with E-state index in [1.165, 1.54) is 12.1 Å². The quantitative estimate of drug-likeness (QED) is 0.891. The molecule has 1 aromatic carbocycles. The third-order valence-electron chi connectivity index (χ3n) is 3.56. The second kappa shape index (κ2) is 6.87. The Morgan fingerprint density at radius 3 is 2.42 bits per heavy atom. The number of halogens is 2. The van der Waals surface area contributed by atoms with Gasteiger partial charge in [-0.25, -0.2) is 4.39 Å². The van der Waals surface area contributed by atoms with Crippen molar-refractivity contribution in [3.63, 3.8) is 0 Å². The van der Waals surface area contributed by atoms with Crippen LogP contribution in [0.3, 0.4) is 0 Å². The first-order valence-corrected chi connectivity index (χ1v) is 6.42. The molecule has 106 valence electrons. The molecule has 1 fully saturated rings. The summed E-state index contributed by atoms with van der Waals surface area (Å²) in [6, 6.07) is 6.32. The van der Waals surface area contributed by atoms with Gasteiger partial charge in [-0.15, -0.1) is 12.4 Å². The highest BCUT2D eigenvalue weighted by molar-refractivity contribution is 5.86. The number of carbonyl (C=O) groups excluding carboxylic acids is 1. The van der Waals surface area contributed by atoms with Crippen molar-refractivity contribution in [3.8, 4) is 0 Å². The molecule has 0 spiro atoms. The second-order valence-corrected chi connectivity index (χ2v) is 5.00. The molecule has 0 radical (unpaired) electrons. The molecule has 1 amide bonds. The summed E-state index contributed by atoms with van der Waals surface area (Å²) in [7, 11) is 0. The van der Waals surface area contributed by atoms with E-state index >= 15 is 0 Å². The molecule has 1 aliphatic rings. The number of rotatable bonds is 4. The summed E-state index contributed by atoms with van der Waals surface area (Å²) in [5.74, 6) is -0.295. The van der Waals surface area contributed by atoms with Gasteiger partial charge in [0, 0.05) is 6.54 Å². The first-order valence-electron chi connectivity index (χ1n) is 6.42. The number of hydrogen-bond acceptors (Lipinski definition) is 2. The first kappa shape index (κ1) is 15.9. The summed E-state index contributed by atoms with van der Waals surface area (Å²) in [6.45, 7) is 0.545. The predicted molar refractivity (Wildman–Crippen MR) is 75.7 cm³/mol. The fraction of sp³-hybridized carbons (Fsp3) is 0.500. The minimum Gasteiger partial charge on any atom is -0.354 e. The van der Waals surface area contributed by atoms with Crippen LogP contribution in [0.4, 0.5) is 4.39 Å². The fourth-order valence-corrected chi connectivity index (χ4v) is 2.38.